The normalized spacial score (nSPS) is 11.9. The number of fused-ring (bicyclic) bond motifs is 1. The fraction of sp³-hybridized carbons (Fsp3) is 0.278. The number of ether oxygens (including phenoxy) is 2. The lowest BCUT2D eigenvalue weighted by Gasteiger charge is -2.28. The third-order valence-corrected chi connectivity index (χ3v) is 3.50. The lowest BCUT2D eigenvalue weighted by atomic mass is 10.1. The van der Waals surface area contributed by atoms with E-state index in [1.807, 2.05) is 42.5 Å². The zero-order chi connectivity index (χ0) is 18.4. The molecule has 2 aromatic carbocycles. The number of carbonyl (C=O) groups excluding carboxylic acids is 1. The van der Waals surface area contributed by atoms with E-state index in [-0.39, 0.29) is 12.6 Å². The van der Waals surface area contributed by atoms with E-state index in [4.69, 9.17) is 15.3 Å². The largest absolute Gasteiger partial charge is 0.463 e. The molecule has 0 aliphatic carbocycles. The minimum absolute atomic E-state index is 0.0654. The Labute approximate surface area is 146 Å². The van der Waals surface area contributed by atoms with E-state index in [2.05, 4.69) is 16.9 Å². The van der Waals surface area contributed by atoms with Crippen LogP contribution in [0.5, 0.6) is 0 Å². The van der Waals surface area contributed by atoms with Gasteiger partial charge in [0.1, 0.15) is 0 Å². The summed E-state index contributed by atoms with van der Waals surface area (Å²) in [5, 5.41) is 10.5. The third-order valence-electron chi connectivity index (χ3n) is 3.50. The molecule has 2 aromatic rings. The summed E-state index contributed by atoms with van der Waals surface area (Å²) in [6.45, 7) is 8.44. The molecule has 7 nitrogen and oxygen atoms in total. The summed E-state index contributed by atoms with van der Waals surface area (Å²) < 4.78 is 10.7. The summed E-state index contributed by atoms with van der Waals surface area (Å²) in [6, 6.07) is 13.3. The van der Waals surface area contributed by atoms with Gasteiger partial charge in [-0.15, -0.1) is 0 Å². The number of esters is 1. The lowest BCUT2D eigenvalue weighted by Crippen LogP contribution is -2.47. The van der Waals surface area contributed by atoms with Gasteiger partial charge in [0.15, 0.2) is 0 Å². The Morgan fingerprint density at radius 1 is 1.24 bits per heavy atom. The molecule has 2 N–H and O–H groups in total. The van der Waals surface area contributed by atoms with Crippen LogP contribution in [0.25, 0.3) is 10.8 Å². The molecule has 7 heteroatoms. The maximum absolute atomic E-state index is 12.1. The van der Waals surface area contributed by atoms with Crippen molar-refractivity contribution in [2.24, 2.45) is 16.0 Å². The van der Waals surface area contributed by atoms with Gasteiger partial charge in [-0.3, -0.25) is 0 Å². The van der Waals surface area contributed by atoms with Crippen LogP contribution in [0.1, 0.15) is 20.8 Å². The van der Waals surface area contributed by atoms with E-state index in [0.717, 1.165) is 10.8 Å². The molecule has 132 valence electrons. The van der Waals surface area contributed by atoms with Gasteiger partial charge >= 0.3 is 12.0 Å². The monoisotopic (exact) mass is 342 g/mol. The molecule has 0 saturated heterocycles. The highest BCUT2D eigenvalue weighted by molar-refractivity contribution is 6.03. The predicted octanol–water partition coefficient (Wildman–Crippen LogP) is 2.85. The summed E-state index contributed by atoms with van der Waals surface area (Å²) in [5.74, 6) is 5.68. The van der Waals surface area contributed by atoms with Gasteiger partial charge < -0.3 is 9.47 Å². The fourth-order valence-corrected chi connectivity index (χ4v) is 2.27. The summed E-state index contributed by atoms with van der Waals surface area (Å²) in [5.41, 5.74) is -0.637. The van der Waals surface area contributed by atoms with Gasteiger partial charge in [0.25, 0.3) is 0 Å². The van der Waals surface area contributed by atoms with Crippen LogP contribution in [0, 0.1) is 0 Å². The van der Waals surface area contributed by atoms with Crippen molar-refractivity contribution in [2.45, 2.75) is 26.4 Å². The van der Waals surface area contributed by atoms with Crippen molar-refractivity contribution >= 4 is 35.2 Å². The summed E-state index contributed by atoms with van der Waals surface area (Å²) >= 11 is 0. The second kappa shape index (κ2) is 7.76. The molecule has 0 bridgehead atoms. The Kier molecular flexibility index (Phi) is 5.71. The molecular weight excluding hydrogens is 320 g/mol. The Hall–Kier alpha value is -2.93. The second-order valence-electron chi connectivity index (χ2n) is 5.73. The average Bonchev–Trinajstić information content (AvgIpc) is 2.60. The van der Waals surface area contributed by atoms with Crippen molar-refractivity contribution in [3.05, 3.63) is 42.5 Å². The highest BCUT2D eigenvalue weighted by Crippen LogP contribution is 2.26. The first-order valence-corrected chi connectivity index (χ1v) is 7.83. The summed E-state index contributed by atoms with van der Waals surface area (Å²) in [7, 11) is 0. The second-order valence-corrected chi connectivity index (χ2v) is 5.73. The van der Waals surface area contributed by atoms with Gasteiger partial charge in [0, 0.05) is 12.1 Å². The minimum Gasteiger partial charge on any atom is -0.463 e. The summed E-state index contributed by atoms with van der Waals surface area (Å²) in [6.07, 6.45) is 0. The third kappa shape index (κ3) is 4.13. The van der Waals surface area contributed by atoms with Crippen LogP contribution < -0.4 is 10.9 Å². The van der Waals surface area contributed by atoms with E-state index >= 15 is 0 Å². The fourth-order valence-electron chi connectivity index (χ4n) is 2.27. The van der Waals surface area contributed by atoms with Crippen molar-refractivity contribution < 1.29 is 14.3 Å². The van der Waals surface area contributed by atoms with Crippen LogP contribution in [0.3, 0.4) is 0 Å². The number of benzene rings is 2. The molecule has 0 saturated carbocycles. The van der Waals surface area contributed by atoms with Gasteiger partial charge in [-0.1, -0.05) is 41.5 Å². The number of nitrogens with two attached hydrogens (primary N) is 1. The smallest absolute Gasteiger partial charge is 0.350 e. The topological polar surface area (TPSA) is 89.5 Å². The zero-order valence-corrected chi connectivity index (χ0v) is 14.6. The van der Waals surface area contributed by atoms with E-state index in [1.54, 1.807) is 20.8 Å². The van der Waals surface area contributed by atoms with E-state index < -0.39 is 11.6 Å². The van der Waals surface area contributed by atoms with E-state index in [1.165, 1.54) is 5.01 Å². The number of rotatable bonds is 5. The Bertz CT molecular complexity index is 797. The van der Waals surface area contributed by atoms with Gasteiger partial charge in [-0.25, -0.2) is 15.6 Å². The van der Waals surface area contributed by atoms with Crippen LogP contribution >= 0.6 is 0 Å². The number of anilines is 1. The molecule has 2 rings (SSSR count). The van der Waals surface area contributed by atoms with E-state index in [0.29, 0.717) is 5.69 Å². The van der Waals surface area contributed by atoms with Gasteiger partial charge in [0.2, 0.25) is 5.60 Å². The van der Waals surface area contributed by atoms with Crippen molar-refractivity contribution in [3.63, 3.8) is 0 Å². The molecule has 0 aliphatic rings. The average molecular weight is 342 g/mol. The first-order valence-electron chi connectivity index (χ1n) is 7.83. The molecule has 0 spiro atoms. The Morgan fingerprint density at radius 2 is 1.92 bits per heavy atom. The molecule has 0 heterocycles. The van der Waals surface area contributed by atoms with Crippen LogP contribution in [-0.4, -0.2) is 30.9 Å². The number of carbonyl (C=O) groups is 1. The molecule has 0 unspecified atom stereocenters. The quantitative estimate of drug-likeness (QED) is 0.297. The van der Waals surface area contributed by atoms with Gasteiger partial charge in [-0.05, 0) is 32.2 Å². The number of amidine groups is 1. The first-order chi connectivity index (χ1) is 11.9. The first kappa shape index (κ1) is 18.4. The van der Waals surface area contributed by atoms with Gasteiger partial charge in [-0.2, -0.15) is 5.10 Å². The molecule has 0 radical (unpaired) electrons. The van der Waals surface area contributed by atoms with Gasteiger partial charge in [0.05, 0.1) is 12.3 Å². The number of hydrogen-bond acceptors (Lipinski definition) is 6. The standard InChI is InChI=1S/C18H22N4O3/c1-5-24-16(23)18(2,3)25-17(21-20-4)22(19)15-12-8-10-13-9-6-7-11-14(13)15/h6-12H,4-5,19H2,1-3H3/b21-17+. The molecule has 0 aromatic heterocycles. The highest BCUT2D eigenvalue weighted by Gasteiger charge is 2.34. The molecule has 0 amide bonds. The Morgan fingerprint density at radius 3 is 2.60 bits per heavy atom. The molecule has 0 atom stereocenters. The SMILES string of the molecule is C=N/N=C(/OC(C)(C)C(=O)OCC)N(N)c1cccc2ccccc12. The molecular formula is C18H22N4O3. The number of hydrazine groups is 1. The molecule has 0 aliphatic heterocycles. The number of nitrogens with zero attached hydrogens (tertiary/aromatic N) is 3. The van der Waals surface area contributed by atoms with Crippen LogP contribution in [0.2, 0.25) is 0 Å². The van der Waals surface area contributed by atoms with Crippen molar-refractivity contribution in [2.75, 3.05) is 11.6 Å². The zero-order valence-electron chi connectivity index (χ0n) is 14.6. The Balaban J connectivity index is 2.38. The molecule has 0 fully saturated rings. The summed E-state index contributed by atoms with van der Waals surface area (Å²) in [4.78, 5) is 12.1. The van der Waals surface area contributed by atoms with Crippen LogP contribution in [0.4, 0.5) is 5.69 Å². The van der Waals surface area contributed by atoms with Crippen molar-refractivity contribution in [1.29, 1.82) is 0 Å². The molecule has 25 heavy (non-hydrogen) atoms. The predicted molar refractivity (Wildman–Crippen MR) is 99.4 cm³/mol. The van der Waals surface area contributed by atoms with E-state index in [9.17, 15) is 4.79 Å². The maximum Gasteiger partial charge on any atom is 0.350 e. The van der Waals surface area contributed by atoms with Crippen molar-refractivity contribution in [3.8, 4) is 0 Å². The minimum atomic E-state index is -1.29. The lowest BCUT2D eigenvalue weighted by molar-refractivity contribution is -0.159. The highest BCUT2D eigenvalue weighted by atomic mass is 16.6. The van der Waals surface area contributed by atoms with Crippen LogP contribution in [0.15, 0.2) is 52.7 Å². The number of hydrogen-bond donors (Lipinski definition) is 1. The van der Waals surface area contributed by atoms with Crippen LogP contribution in [-0.2, 0) is 14.3 Å². The van der Waals surface area contributed by atoms with Crippen molar-refractivity contribution in [1.82, 2.24) is 0 Å². The maximum atomic E-state index is 12.1.